The van der Waals surface area contributed by atoms with Crippen LogP contribution in [0.5, 0.6) is 0 Å². The average molecular weight is 386 g/mol. The Morgan fingerprint density at radius 3 is 1.55 bits per heavy atom. The highest BCUT2D eigenvalue weighted by Gasteiger charge is 2.46. The van der Waals surface area contributed by atoms with E-state index in [0.29, 0.717) is 11.8 Å². The number of rotatable bonds is 6. The van der Waals surface area contributed by atoms with Crippen LogP contribution in [0.15, 0.2) is 72.8 Å². The molecule has 0 heterocycles. The minimum absolute atomic E-state index is 0.221. The van der Waals surface area contributed by atoms with Crippen molar-refractivity contribution in [2.75, 3.05) is 0 Å². The second kappa shape index (κ2) is 7.92. The van der Waals surface area contributed by atoms with Crippen molar-refractivity contribution in [2.24, 2.45) is 11.8 Å². The van der Waals surface area contributed by atoms with Crippen LogP contribution in [0, 0.1) is 11.8 Å². The van der Waals surface area contributed by atoms with E-state index in [4.69, 9.17) is 10.2 Å². The minimum atomic E-state index is -0.964. The molecule has 29 heavy (non-hydrogen) atoms. The Morgan fingerprint density at radius 2 is 1.14 bits per heavy atom. The van der Waals surface area contributed by atoms with Crippen molar-refractivity contribution in [3.63, 3.8) is 0 Å². The number of carbonyl (C=O) groups is 2. The zero-order valence-corrected chi connectivity index (χ0v) is 15.8. The zero-order chi connectivity index (χ0) is 20.4. The summed E-state index contributed by atoms with van der Waals surface area (Å²) in [4.78, 5) is 22.1. The fourth-order valence-corrected chi connectivity index (χ4v) is 4.92. The first-order chi connectivity index (χ1) is 14.0. The average Bonchev–Trinajstić information content (AvgIpc) is 3.32. The number of allylic oxidation sites excluding steroid dienone is 2. The lowest BCUT2D eigenvalue weighted by atomic mass is 9.72. The maximum Gasteiger partial charge on any atom is 0.328 e. The molecular formula is C25H22O4. The van der Waals surface area contributed by atoms with Gasteiger partial charge < -0.3 is 10.2 Å². The van der Waals surface area contributed by atoms with Gasteiger partial charge in [-0.25, -0.2) is 9.59 Å². The molecule has 1 saturated carbocycles. The first-order valence-corrected chi connectivity index (χ1v) is 9.73. The van der Waals surface area contributed by atoms with Crippen molar-refractivity contribution in [1.82, 2.24) is 0 Å². The van der Waals surface area contributed by atoms with Crippen LogP contribution in [0.4, 0.5) is 0 Å². The van der Waals surface area contributed by atoms with E-state index in [0.717, 1.165) is 28.7 Å². The number of hydrogen-bond acceptors (Lipinski definition) is 2. The minimum Gasteiger partial charge on any atom is -0.478 e. The molecule has 2 aromatic rings. The van der Waals surface area contributed by atoms with Gasteiger partial charge in [-0.1, -0.05) is 60.7 Å². The SMILES string of the molecule is O=C(O)C=Cc1ccccc1C1C2C=CC(C2)C1c1ccccc1C=CC(=O)O. The van der Waals surface area contributed by atoms with Gasteiger partial charge in [0.05, 0.1) is 0 Å². The Labute approximate surface area is 169 Å². The van der Waals surface area contributed by atoms with Crippen LogP contribution in [-0.2, 0) is 9.59 Å². The van der Waals surface area contributed by atoms with Crippen molar-refractivity contribution in [2.45, 2.75) is 18.3 Å². The molecule has 0 amide bonds. The van der Waals surface area contributed by atoms with Gasteiger partial charge in [0, 0.05) is 12.2 Å². The molecule has 0 aromatic heterocycles. The van der Waals surface area contributed by atoms with E-state index in [2.05, 4.69) is 24.3 Å². The van der Waals surface area contributed by atoms with E-state index in [-0.39, 0.29) is 11.8 Å². The normalized spacial score (nSPS) is 25.2. The van der Waals surface area contributed by atoms with E-state index in [1.54, 1.807) is 12.2 Å². The van der Waals surface area contributed by atoms with E-state index in [1.807, 2.05) is 36.4 Å². The van der Waals surface area contributed by atoms with Gasteiger partial charge in [0.15, 0.2) is 0 Å². The Hall–Kier alpha value is -3.40. The molecule has 4 unspecified atom stereocenters. The van der Waals surface area contributed by atoms with Gasteiger partial charge in [-0.2, -0.15) is 0 Å². The van der Waals surface area contributed by atoms with Gasteiger partial charge in [-0.05, 0) is 64.5 Å². The lowest BCUT2D eigenvalue weighted by Crippen LogP contribution is -2.18. The molecule has 4 atom stereocenters. The smallest absolute Gasteiger partial charge is 0.328 e. The summed E-state index contributed by atoms with van der Waals surface area (Å²) in [6.07, 6.45) is 11.3. The molecule has 0 radical (unpaired) electrons. The van der Waals surface area contributed by atoms with Crippen molar-refractivity contribution >= 4 is 24.1 Å². The van der Waals surface area contributed by atoms with Crippen LogP contribution in [0.1, 0.15) is 40.5 Å². The molecule has 4 heteroatoms. The standard InChI is InChI=1S/C25H22O4/c26-22(27)13-11-16-5-1-3-7-20(16)24-18-9-10-19(15-18)25(24)21-8-4-2-6-17(21)12-14-23(28)29/h1-14,18-19,24-25H,15H2,(H,26,27)(H,28,29). The van der Waals surface area contributed by atoms with Crippen molar-refractivity contribution < 1.29 is 19.8 Å². The van der Waals surface area contributed by atoms with E-state index >= 15 is 0 Å². The molecule has 2 N–H and O–H groups in total. The summed E-state index contributed by atoms with van der Waals surface area (Å²) in [6, 6.07) is 15.9. The van der Waals surface area contributed by atoms with Gasteiger partial charge in [0.25, 0.3) is 0 Å². The Balaban J connectivity index is 1.80. The predicted molar refractivity (Wildman–Crippen MR) is 112 cm³/mol. The molecule has 0 aliphatic heterocycles. The van der Waals surface area contributed by atoms with Crippen LogP contribution >= 0.6 is 0 Å². The van der Waals surface area contributed by atoms with E-state index in [1.165, 1.54) is 12.2 Å². The number of hydrogen-bond donors (Lipinski definition) is 2. The second-order valence-corrected chi connectivity index (χ2v) is 7.60. The largest absolute Gasteiger partial charge is 0.478 e. The number of benzene rings is 2. The van der Waals surface area contributed by atoms with Gasteiger partial charge in [0.1, 0.15) is 0 Å². The van der Waals surface area contributed by atoms with Gasteiger partial charge in [0.2, 0.25) is 0 Å². The number of carboxylic acid groups (broad SMARTS) is 2. The summed E-state index contributed by atoms with van der Waals surface area (Å²) < 4.78 is 0. The third kappa shape index (κ3) is 3.79. The topological polar surface area (TPSA) is 74.6 Å². The maximum atomic E-state index is 11.0. The predicted octanol–water partition coefficient (Wildman–Crippen LogP) is 4.96. The fraction of sp³-hybridized carbons (Fsp3) is 0.200. The van der Waals surface area contributed by atoms with Crippen LogP contribution in [0.25, 0.3) is 12.2 Å². The molecular weight excluding hydrogens is 364 g/mol. The Kier molecular flexibility index (Phi) is 5.17. The molecule has 4 nitrogen and oxygen atoms in total. The molecule has 4 rings (SSSR count). The molecule has 0 saturated heterocycles. The molecule has 2 bridgehead atoms. The van der Waals surface area contributed by atoms with Crippen molar-refractivity contribution in [3.05, 3.63) is 95.1 Å². The summed E-state index contributed by atoms with van der Waals surface area (Å²) in [6.45, 7) is 0. The number of carboxylic acids is 2. The summed E-state index contributed by atoms with van der Waals surface area (Å²) in [5.74, 6) is -0.707. The van der Waals surface area contributed by atoms with Gasteiger partial charge >= 0.3 is 11.9 Å². The quantitative estimate of drug-likeness (QED) is 0.544. The lowest BCUT2D eigenvalue weighted by molar-refractivity contribution is -0.132. The Bertz CT molecular complexity index is 949. The molecule has 2 aliphatic carbocycles. The molecule has 2 aliphatic rings. The lowest BCUT2D eigenvalue weighted by Gasteiger charge is -2.31. The molecule has 1 fully saturated rings. The highest BCUT2D eigenvalue weighted by Crippen LogP contribution is 2.58. The zero-order valence-electron chi connectivity index (χ0n) is 15.8. The van der Waals surface area contributed by atoms with Crippen LogP contribution in [0.2, 0.25) is 0 Å². The molecule has 0 spiro atoms. The fourth-order valence-electron chi connectivity index (χ4n) is 4.92. The van der Waals surface area contributed by atoms with Crippen molar-refractivity contribution in [3.8, 4) is 0 Å². The Morgan fingerprint density at radius 1 is 0.724 bits per heavy atom. The van der Waals surface area contributed by atoms with Gasteiger partial charge in [-0.3, -0.25) is 0 Å². The maximum absolute atomic E-state index is 11.0. The summed E-state index contributed by atoms with van der Waals surface area (Å²) >= 11 is 0. The molecule has 2 aromatic carbocycles. The summed E-state index contributed by atoms with van der Waals surface area (Å²) in [5, 5.41) is 18.1. The second-order valence-electron chi connectivity index (χ2n) is 7.60. The van der Waals surface area contributed by atoms with Crippen LogP contribution in [-0.4, -0.2) is 22.2 Å². The highest BCUT2D eigenvalue weighted by molar-refractivity contribution is 5.86. The highest BCUT2D eigenvalue weighted by atomic mass is 16.4. The monoisotopic (exact) mass is 386 g/mol. The van der Waals surface area contributed by atoms with E-state index < -0.39 is 11.9 Å². The third-order valence-corrected chi connectivity index (χ3v) is 5.98. The summed E-state index contributed by atoms with van der Waals surface area (Å²) in [5.41, 5.74) is 4.13. The van der Waals surface area contributed by atoms with Gasteiger partial charge in [-0.15, -0.1) is 0 Å². The van der Waals surface area contributed by atoms with Crippen LogP contribution in [0.3, 0.4) is 0 Å². The third-order valence-electron chi connectivity index (χ3n) is 5.98. The molecule has 146 valence electrons. The number of fused-ring (bicyclic) bond motifs is 2. The van der Waals surface area contributed by atoms with Crippen molar-refractivity contribution in [1.29, 1.82) is 0 Å². The van der Waals surface area contributed by atoms with E-state index in [9.17, 15) is 9.59 Å². The first kappa shape index (κ1) is 18.9. The first-order valence-electron chi connectivity index (χ1n) is 9.73. The van der Waals surface area contributed by atoms with Crippen LogP contribution < -0.4 is 0 Å². The summed E-state index contributed by atoms with van der Waals surface area (Å²) in [7, 11) is 0. The number of aliphatic carboxylic acids is 2.